The van der Waals surface area contributed by atoms with Crippen molar-refractivity contribution in [2.24, 2.45) is 0 Å². The zero-order valence-electron chi connectivity index (χ0n) is 12.8. The first-order valence-electron chi connectivity index (χ1n) is 7.62. The van der Waals surface area contributed by atoms with Gasteiger partial charge in [0.1, 0.15) is 5.41 Å². The molecule has 0 fully saturated rings. The van der Waals surface area contributed by atoms with Crippen LogP contribution in [0.5, 0.6) is 0 Å². The van der Waals surface area contributed by atoms with Crippen molar-refractivity contribution >= 4 is 0 Å². The minimum absolute atomic E-state index is 0.663. The summed E-state index contributed by atoms with van der Waals surface area (Å²) < 4.78 is 0. The van der Waals surface area contributed by atoms with Gasteiger partial charge in [-0.25, -0.2) is 0 Å². The summed E-state index contributed by atoms with van der Waals surface area (Å²) in [7, 11) is 0. The average molecular weight is 299 g/mol. The minimum atomic E-state index is -0.786. The van der Waals surface area contributed by atoms with Gasteiger partial charge in [-0.2, -0.15) is 5.26 Å². The minimum Gasteiger partial charge on any atom is -0.261 e. The van der Waals surface area contributed by atoms with Crippen molar-refractivity contribution in [3.8, 4) is 6.07 Å². The quantitative estimate of drug-likeness (QED) is 0.717. The van der Waals surface area contributed by atoms with Crippen molar-refractivity contribution in [3.05, 3.63) is 96.1 Å². The summed E-state index contributed by atoms with van der Waals surface area (Å²) in [5.41, 5.74) is 2.08. The lowest BCUT2D eigenvalue weighted by Gasteiger charge is -2.26. The molecule has 0 radical (unpaired) electrons. The summed E-state index contributed by atoms with van der Waals surface area (Å²) in [6, 6.07) is 22.6. The van der Waals surface area contributed by atoms with E-state index in [1.807, 2.05) is 48.5 Å². The van der Waals surface area contributed by atoms with Gasteiger partial charge in [0.15, 0.2) is 0 Å². The second kappa shape index (κ2) is 6.85. The zero-order chi connectivity index (χ0) is 16.0. The van der Waals surface area contributed by atoms with Crippen LogP contribution in [0.2, 0.25) is 0 Å². The summed E-state index contributed by atoms with van der Waals surface area (Å²) >= 11 is 0. The second-order valence-electron chi connectivity index (χ2n) is 5.46. The van der Waals surface area contributed by atoms with Gasteiger partial charge in [0.2, 0.25) is 0 Å². The molecule has 3 rings (SSSR count). The number of nitriles is 1. The van der Waals surface area contributed by atoms with E-state index in [0.717, 1.165) is 12.0 Å². The molecule has 3 heteroatoms. The third-order valence-electron chi connectivity index (χ3n) is 4.09. The summed E-state index contributed by atoms with van der Waals surface area (Å²) in [4.78, 5) is 8.59. The van der Waals surface area contributed by atoms with Gasteiger partial charge in [-0.15, -0.1) is 0 Å². The Morgan fingerprint density at radius 1 is 0.913 bits per heavy atom. The number of rotatable bonds is 5. The summed E-state index contributed by atoms with van der Waals surface area (Å²) in [6.07, 6.45) is 6.44. The molecule has 0 aliphatic heterocycles. The molecule has 0 bridgehead atoms. The van der Waals surface area contributed by atoms with E-state index in [-0.39, 0.29) is 0 Å². The van der Waals surface area contributed by atoms with E-state index >= 15 is 0 Å². The van der Waals surface area contributed by atoms with E-state index < -0.39 is 5.41 Å². The van der Waals surface area contributed by atoms with Gasteiger partial charge in [-0.05, 0) is 24.0 Å². The molecule has 3 nitrogen and oxygen atoms in total. The number of benzene rings is 2. The van der Waals surface area contributed by atoms with Crippen molar-refractivity contribution in [1.29, 1.82) is 5.26 Å². The fourth-order valence-corrected chi connectivity index (χ4v) is 2.82. The smallest absolute Gasteiger partial charge is 0.126 e. The Morgan fingerprint density at radius 2 is 1.61 bits per heavy atom. The van der Waals surface area contributed by atoms with Crippen LogP contribution in [0.1, 0.15) is 23.2 Å². The fraction of sp³-hybridized carbons (Fsp3) is 0.150. The lowest BCUT2D eigenvalue weighted by molar-refractivity contribution is 0.573. The van der Waals surface area contributed by atoms with Crippen molar-refractivity contribution in [1.82, 2.24) is 9.97 Å². The molecule has 0 spiro atoms. The van der Waals surface area contributed by atoms with E-state index in [1.165, 1.54) is 5.56 Å². The van der Waals surface area contributed by atoms with E-state index in [9.17, 15) is 5.26 Å². The number of hydrogen-bond donors (Lipinski definition) is 0. The predicted octanol–water partition coefficient (Wildman–Crippen LogP) is 3.92. The van der Waals surface area contributed by atoms with Crippen LogP contribution < -0.4 is 0 Å². The number of hydrogen-bond acceptors (Lipinski definition) is 3. The monoisotopic (exact) mass is 299 g/mol. The highest BCUT2D eigenvalue weighted by Crippen LogP contribution is 2.34. The highest BCUT2D eigenvalue weighted by Gasteiger charge is 2.35. The van der Waals surface area contributed by atoms with Crippen molar-refractivity contribution in [2.75, 3.05) is 0 Å². The maximum Gasteiger partial charge on any atom is 0.126 e. The van der Waals surface area contributed by atoms with Crippen LogP contribution in [0.3, 0.4) is 0 Å². The second-order valence-corrected chi connectivity index (χ2v) is 5.46. The Balaban J connectivity index is 2.01. The van der Waals surface area contributed by atoms with E-state index in [2.05, 4.69) is 28.2 Å². The molecule has 0 saturated heterocycles. The number of aromatic nitrogens is 2. The van der Waals surface area contributed by atoms with Crippen LogP contribution in [-0.4, -0.2) is 9.97 Å². The third kappa shape index (κ3) is 3.12. The van der Waals surface area contributed by atoms with Gasteiger partial charge in [-0.1, -0.05) is 60.7 Å². The molecular formula is C20H17N3. The van der Waals surface area contributed by atoms with Crippen molar-refractivity contribution < 1.29 is 0 Å². The van der Waals surface area contributed by atoms with Gasteiger partial charge in [0.25, 0.3) is 0 Å². The lowest BCUT2D eigenvalue weighted by Crippen LogP contribution is -2.28. The summed E-state index contributed by atoms with van der Waals surface area (Å²) in [5, 5.41) is 10.0. The zero-order valence-corrected chi connectivity index (χ0v) is 12.8. The van der Waals surface area contributed by atoms with E-state index in [0.29, 0.717) is 12.1 Å². The largest absolute Gasteiger partial charge is 0.261 e. The lowest BCUT2D eigenvalue weighted by atomic mass is 9.74. The maximum atomic E-state index is 10.0. The Hall–Kier alpha value is -2.99. The molecule has 1 aromatic heterocycles. The van der Waals surface area contributed by atoms with Crippen LogP contribution in [0.4, 0.5) is 0 Å². The van der Waals surface area contributed by atoms with E-state index in [1.54, 1.807) is 18.6 Å². The van der Waals surface area contributed by atoms with Crippen LogP contribution in [0.25, 0.3) is 0 Å². The van der Waals surface area contributed by atoms with Crippen molar-refractivity contribution in [3.63, 3.8) is 0 Å². The van der Waals surface area contributed by atoms with E-state index in [4.69, 9.17) is 0 Å². The van der Waals surface area contributed by atoms with Crippen molar-refractivity contribution in [2.45, 2.75) is 18.3 Å². The highest BCUT2D eigenvalue weighted by molar-refractivity contribution is 5.42. The fourth-order valence-electron chi connectivity index (χ4n) is 2.82. The Bertz CT molecular complexity index is 738. The first-order valence-corrected chi connectivity index (χ1v) is 7.62. The molecule has 0 unspecified atom stereocenters. The van der Waals surface area contributed by atoms with Crippen LogP contribution in [0, 0.1) is 11.3 Å². The molecule has 2 aromatic carbocycles. The van der Waals surface area contributed by atoms with Gasteiger partial charge >= 0.3 is 0 Å². The highest BCUT2D eigenvalue weighted by atomic mass is 14.8. The molecule has 0 saturated carbocycles. The molecule has 3 aromatic rings. The molecule has 0 aliphatic carbocycles. The third-order valence-corrected chi connectivity index (χ3v) is 4.09. The van der Waals surface area contributed by atoms with Crippen LogP contribution >= 0.6 is 0 Å². The Morgan fingerprint density at radius 3 is 2.22 bits per heavy atom. The molecule has 0 amide bonds. The van der Waals surface area contributed by atoms with Crippen LogP contribution in [0.15, 0.2) is 79.3 Å². The predicted molar refractivity (Wildman–Crippen MR) is 89.6 cm³/mol. The molecule has 0 N–H and O–H groups in total. The number of nitrogens with zero attached hydrogens (tertiary/aromatic N) is 3. The molecule has 1 atom stereocenters. The summed E-state index contributed by atoms with van der Waals surface area (Å²) in [6.45, 7) is 0. The first-order chi connectivity index (χ1) is 11.3. The van der Waals surface area contributed by atoms with Crippen LogP contribution in [-0.2, 0) is 11.8 Å². The molecule has 0 aliphatic rings. The SMILES string of the molecule is N#C[C@](CCc1ccccc1)(c1ccccc1)c1cnccn1. The van der Waals surface area contributed by atoms with Gasteiger partial charge in [0.05, 0.1) is 18.0 Å². The van der Waals surface area contributed by atoms with Gasteiger partial charge in [0, 0.05) is 12.4 Å². The molecule has 1 heterocycles. The average Bonchev–Trinajstić information content (AvgIpc) is 2.65. The Labute approximate surface area is 136 Å². The molecular weight excluding hydrogens is 282 g/mol. The molecule has 23 heavy (non-hydrogen) atoms. The molecule has 112 valence electrons. The first kappa shape index (κ1) is 14.9. The van der Waals surface area contributed by atoms with Gasteiger partial charge < -0.3 is 0 Å². The maximum absolute atomic E-state index is 10.0. The topological polar surface area (TPSA) is 49.6 Å². The number of aryl methyl sites for hydroxylation is 1. The van der Waals surface area contributed by atoms with Gasteiger partial charge in [-0.3, -0.25) is 9.97 Å². The summed E-state index contributed by atoms with van der Waals surface area (Å²) in [5.74, 6) is 0. The standard InChI is InChI=1S/C20H17N3/c21-16-20(18-9-5-2-6-10-18,19-15-22-13-14-23-19)12-11-17-7-3-1-4-8-17/h1-10,13-15H,11-12H2/t20-/m1/s1. The normalized spacial score (nSPS) is 13.0. The Kier molecular flexibility index (Phi) is 4.44.